The number of nitrogens with zero attached hydrogens (tertiary/aromatic N) is 3. The van der Waals surface area contributed by atoms with E-state index in [-0.39, 0.29) is 24.0 Å². The molecular formula is C21H46IN5O. The summed E-state index contributed by atoms with van der Waals surface area (Å²) in [6.45, 7) is 19.4. The van der Waals surface area contributed by atoms with Crippen LogP contribution in [0.5, 0.6) is 0 Å². The van der Waals surface area contributed by atoms with Crippen molar-refractivity contribution < 1.29 is 4.74 Å². The van der Waals surface area contributed by atoms with Gasteiger partial charge >= 0.3 is 0 Å². The van der Waals surface area contributed by atoms with E-state index in [1.807, 2.05) is 0 Å². The second-order valence-corrected chi connectivity index (χ2v) is 8.20. The molecular weight excluding hydrogens is 465 g/mol. The number of nitrogens with one attached hydrogen (secondary N) is 2. The highest BCUT2D eigenvalue weighted by molar-refractivity contribution is 14.0. The molecule has 1 rings (SSSR count). The second-order valence-electron chi connectivity index (χ2n) is 8.20. The van der Waals surface area contributed by atoms with E-state index in [9.17, 15) is 0 Å². The van der Waals surface area contributed by atoms with Gasteiger partial charge < -0.3 is 20.3 Å². The number of methoxy groups -OCH3 is 1. The fourth-order valence-electron chi connectivity index (χ4n) is 3.76. The number of piperidine rings is 1. The maximum Gasteiger partial charge on any atom is 0.191 e. The molecule has 0 aromatic heterocycles. The third-order valence-corrected chi connectivity index (χ3v) is 5.38. The van der Waals surface area contributed by atoms with Crippen LogP contribution >= 0.6 is 24.0 Å². The van der Waals surface area contributed by atoms with Gasteiger partial charge in [0.25, 0.3) is 0 Å². The highest BCUT2D eigenvalue weighted by atomic mass is 127. The third kappa shape index (κ3) is 11.8. The average Bonchev–Trinajstić information content (AvgIpc) is 2.64. The molecule has 168 valence electrons. The number of rotatable bonds is 12. The quantitative estimate of drug-likeness (QED) is 0.183. The fraction of sp³-hybridized carbons (Fsp3) is 0.952. The lowest BCUT2D eigenvalue weighted by Crippen LogP contribution is -2.42. The summed E-state index contributed by atoms with van der Waals surface area (Å²) in [5.41, 5.74) is 0. The Morgan fingerprint density at radius 2 is 1.79 bits per heavy atom. The molecule has 6 nitrogen and oxygen atoms in total. The number of guanidine groups is 1. The molecule has 7 heteroatoms. The summed E-state index contributed by atoms with van der Waals surface area (Å²) in [5.74, 6) is 1.68. The summed E-state index contributed by atoms with van der Waals surface area (Å²) in [6.07, 6.45) is 3.62. The van der Waals surface area contributed by atoms with Gasteiger partial charge in [-0.05, 0) is 72.9 Å². The Hall–Kier alpha value is -0.120. The largest absolute Gasteiger partial charge is 0.383 e. The molecule has 0 aromatic carbocycles. The first-order valence-corrected chi connectivity index (χ1v) is 11.0. The van der Waals surface area contributed by atoms with E-state index >= 15 is 0 Å². The predicted octanol–water partition coefficient (Wildman–Crippen LogP) is 3.03. The Morgan fingerprint density at radius 1 is 1.14 bits per heavy atom. The Morgan fingerprint density at radius 3 is 2.32 bits per heavy atom. The SMILES string of the molecule is CCNC(=NCC1CCN(CCOC)CC1)NCCCN(C(C)C)C(C)C.I. The molecule has 1 saturated heterocycles. The molecule has 1 heterocycles. The summed E-state index contributed by atoms with van der Waals surface area (Å²) in [4.78, 5) is 9.90. The molecule has 0 radical (unpaired) electrons. The fourth-order valence-corrected chi connectivity index (χ4v) is 3.76. The maximum absolute atomic E-state index is 5.18. The van der Waals surface area contributed by atoms with Crippen LogP contribution in [0.4, 0.5) is 0 Å². The predicted molar refractivity (Wildman–Crippen MR) is 132 cm³/mol. The van der Waals surface area contributed by atoms with Crippen LogP contribution in [0.3, 0.4) is 0 Å². The van der Waals surface area contributed by atoms with E-state index in [1.54, 1.807) is 7.11 Å². The van der Waals surface area contributed by atoms with Gasteiger partial charge in [-0.2, -0.15) is 0 Å². The van der Waals surface area contributed by atoms with E-state index in [1.165, 1.54) is 25.9 Å². The topological polar surface area (TPSA) is 52.1 Å². The first kappa shape index (κ1) is 27.9. The van der Waals surface area contributed by atoms with Crippen molar-refractivity contribution in [3.8, 4) is 0 Å². The number of ether oxygens (including phenoxy) is 1. The normalized spacial score (nSPS) is 16.7. The molecule has 0 aromatic rings. The minimum absolute atomic E-state index is 0. The van der Waals surface area contributed by atoms with Crippen molar-refractivity contribution in [2.24, 2.45) is 10.9 Å². The zero-order chi connectivity index (χ0) is 20.1. The van der Waals surface area contributed by atoms with Crippen molar-refractivity contribution in [2.75, 3.05) is 59.5 Å². The third-order valence-electron chi connectivity index (χ3n) is 5.38. The van der Waals surface area contributed by atoms with Crippen LogP contribution in [0, 0.1) is 5.92 Å². The molecule has 0 saturated carbocycles. The van der Waals surface area contributed by atoms with Crippen molar-refractivity contribution in [2.45, 2.75) is 66.0 Å². The molecule has 1 aliphatic heterocycles. The van der Waals surface area contributed by atoms with Crippen molar-refractivity contribution in [1.82, 2.24) is 20.4 Å². The van der Waals surface area contributed by atoms with E-state index in [2.05, 4.69) is 55.1 Å². The first-order chi connectivity index (χ1) is 13.0. The van der Waals surface area contributed by atoms with Gasteiger partial charge in [-0.1, -0.05) is 0 Å². The number of halogens is 1. The Kier molecular flexibility index (Phi) is 16.6. The van der Waals surface area contributed by atoms with E-state index in [0.29, 0.717) is 18.0 Å². The Balaban J connectivity index is 0.00000729. The molecule has 28 heavy (non-hydrogen) atoms. The number of hydrogen-bond acceptors (Lipinski definition) is 4. The van der Waals surface area contributed by atoms with E-state index in [4.69, 9.17) is 9.73 Å². The molecule has 1 fully saturated rings. The molecule has 2 N–H and O–H groups in total. The van der Waals surface area contributed by atoms with Crippen LogP contribution in [0.15, 0.2) is 4.99 Å². The lowest BCUT2D eigenvalue weighted by molar-refractivity contribution is 0.121. The van der Waals surface area contributed by atoms with Gasteiger partial charge in [0.1, 0.15) is 0 Å². The summed E-state index contributed by atoms with van der Waals surface area (Å²) in [6, 6.07) is 1.20. The maximum atomic E-state index is 5.18. The molecule has 0 atom stereocenters. The average molecular weight is 512 g/mol. The molecule has 0 aliphatic carbocycles. The summed E-state index contributed by atoms with van der Waals surface area (Å²) in [5, 5.41) is 6.91. The second kappa shape index (κ2) is 16.7. The van der Waals surface area contributed by atoms with Crippen molar-refractivity contribution in [3.05, 3.63) is 0 Å². The Bertz CT molecular complexity index is 390. The van der Waals surface area contributed by atoms with Crippen molar-refractivity contribution in [3.63, 3.8) is 0 Å². The van der Waals surface area contributed by atoms with Crippen LogP contribution in [0.25, 0.3) is 0 Å². The van der Waals surface area contributed by atoms with Crippen LogP contribution in [0.1, 0.15) is 53.9 Å². The van der Waals surface area contributed by atoms with Gasteiger partial charge in [0.15, 0.2) is 5.96 Å². The lowest BCUT2D eigenvalue weighted by atomic mass is 9.97. The van der Waals surface area contributed by atoms with Gasteiger partial charge in [0.05, 0.1) is 6.61 Å². The van der Waals surface area contributed by atoms with Gasteiger partial charge in [0, 0.05) is 51.9 Å². The van der Waals surface area contributed by atoms with E-state index < -0.39 is 0 Å². The van der Waals surface area contributed by atoms with Crippen LogP contribution in [-0.2, 0) is 4.74 Å². The lowest BCUT2D eigenvalue weighted by Gasteiger charge is -2.31. The van der Waals surface area contributed by atoms with Gasteiger partial charge in [-0.25, -0.2) is 0 Å². The molecule has 1 aliphatic rings. The highest BCUT2D eigenvalue weighted by Gasteiger charge is 2.18. The molecule has 0 amide bonds. The van der Waals surface area contributed by atoms with Crippen molar-refractivity contribution >= 4 is 29.9 Å². The van der Waals surface area contributed by atoms with Gasteiger partial charge in [0.2, 0.25) is 0 Å². The van der Waals surface area contributed by atoms with Gasteiger partial charge in [-0.15, -0.1) is 24.0 Å². The van der Waals surface area contributed by atoms with Crippen LogP contribution < -0.4 is 10.6 Å². The summed E-state index contributed by atoms with van der Waals surface area (Å²) in [7, 11) is 1.78. The number of aliphatic imine (C=N–C) groups is 1. The minimum atomic E-state index is 0. The first-order valence-electron chi connectivity index (χ1n) is 11.0. The number of hydrogen-bond donors (Lipinski definition) is 2. The monoisotopic (exact) mass is 511 g/mol. The standard InChI is InChI=1S/C21H45N5O.HI/c1-7-22-21(23-11-8-12-26(18(2)3)19(4)5)24-17-20-9-13-25(14-10-20)15-16-27-6;/h18-20H,7-17H2,1-6H3,(H2,22,23,24);1H. The molecule has 0 unspecified atom stereocenters. The highest BCUT2D eigenvalue weighted by Crippen LogP contribution is 2.17. The minimum Gasteiger partial charge on any atom is -0.383 e. The smallest absolute Gasteiger partial charge is 0.191 e. The zero-order valence-corrected chi connectivity index (χ0v) is 21.5. The molecule has 0 spiro atoms. The summed E-state index contributed by atoms with van der Waals surface area (Å²) < 4.78 is 5.18. The van der Waals surface area contributed by atoms with E-state index in [0.717, 1.165) is 51.7 Å². The van der Waals surface area contributed by atoms with Gasteiger partial charge in [-0.3, -0.25) is 9.89 Å². The van der Waals surface area contributed by atoms with Crippen LogP contribution in [-0.4, -0.2) is 87.4 Å². The summed E-state index contributed by atoms with van der Waals surface area (Å²) >= 11 is 0. The molecule has 0 bridgehead atoms. The zero-order valence-electron chi connectivity index (χ0n) is 19.2. The van der Waals surface area contributed by atoms with Crippen molar-refractivity contribution in [1.29, 1.82) is 0 Å². The Labute approximate surface area is 191 Å². The van der Waals surface area contributed by atoms with Crippen LogP contribution in [0.2, 0.25) is 0 Å². The number of likely N-dealkylation sites (tertiary alicyclic amines) is 1.